The van der Waals surface area contributed by atoms with Crippen LogP contribution in [-0.2, 0) is 4.74 Å². The van der Waals surface area contributed by atoms with Crippen molar-refractivity contribution in [2.24, 2.45) is 16.9 Å². The monoisotopic (exact) mass is 192 g/mol. The minimum atomic E-state index is -0.0403. The van der Waals surface area contributed by atoms with Crippen molar-refractivity contribution in [1.29, 1.82) is 0 Å². The maximum Gasteiger partial charge on any atom is 0.0575 e. The molecule has 76 valence electrons. The number of ether oxygens (including phenoxy) is 1. The number of hydrogen-bond acceptors (Lipinski definition) is 3. The van der Waals surface area contributed by atoms with E-state index in [0.717, 1.165) is 5.56 Å². The fourth-order valence-corrected chi connectivity index (χ4v) is 1.80. The van der Waals surface area contributed by atoms with Crippen molar-refractivity contribution in [3.05, 3.63) is 35.9 Å². The van der Waals surface area contributed by atoms with Crippen LogP contribution in [0.5, 0.6) is 0 Å². The van der Waals surface area contributed by atoms with Gasteiger partial charge in [0.1, 0.15) is 0 Å². The van der Waals surface area contributed by atoms with Crippen LogP contribution in [0.4, 0.5) is 0 Å². The van der Waals surface area contributed by atoms with Crippen LogP contribution in [0.15, 0.2) is 30.3 Å². The van der Waals surface area contributed by atoms with Gasteiger partial charge in [-0.05, 0) is 5.56 Å². The Morgan fingerprint density at radius 3 is 2.36 bits per heavy atom. The Labute approximate surface area is 84.0 Å². The van der Waals surface area contributed by atoms with Crippen molar-refractivity contribution in [3.63, 3.8) is 0 Å². The van der Waals surface area contributed by atoms with E-state index in [9.17, 15) is 0 Å². The van der Waals surface area contributed by atoms with Gasteiger partial charge in [0, 0.05) is 18.0 Å². The molecule has 0 spiro atoms. The predicted octanol–water partition coefficient (Wildman–Crippen LogP) is 0.662. The highest BCUT2D eigenvalue weighted by molar-refractivity contribution is 5.22. The predicted molar refractivity (Wildman–Crippen MR) is 55.7 cm³/mol. The van der Waals surface area contributed by atoms with Crippen molar-refractivity contribution < 1.29 is 4.74 Å². The maximum atomic E-state index is 6.19. The lowest BCUT2D eigenvalue weighted by Crippen LogP contribution is -2.54. The number of hydrogen-bond donors (Lipinski definition) is 2. The molecule has 1 unspecified atom stereocenters. The fraction of sp³-hybridized carbons (Fsp3) is 0.455. The molecule has 0 saturated carbocycles. The van der Waals surface area contributed by atoms with Crippen LogP contribution in [-0.4, -0.2) is 19.8 Å². The molecule has 3 nitrogen and oxygen atoms in total. The SMILES string of the molecule is NCC1(C(N)c2ccccc2)COC1. The summed E-state index contributed by atoms with van der Waals surface area (Å²) in [4.78, 5) is 0. The van der Waals surface area contributed by atoms with Gasteiger partial charge in [0.05, 0.1) is 13.2 Å². The zero-order chi connectivity index (χ0) is 10.0. The van der Waals surface area contributed by atoms with Gasteiger partial charge in [0.25, 0.3) is 0 Å². The van der Waals surface area contributed by atoms with Gasteiger partial charge in [-0.15, -0.1) is 0 Å². The normalized spacial score (nSPS) is 21.3. The lowest BCUT2D eigenvalue weighted by Gasteiger charge is -2.45. The summed E-state index contributed by atoms with van der Waals surface area (Å²) in [5.74, 6) is 0. The Kier molecular flexibility index (Phi) is 2.54. The topological polar surface area (TPSA) is 61.3 Å². The molecule has 1 aromatic rings. The zero-order valence-electron chi connectivity index (χ0n) is 8.15. The molecule has 1 aliphatic rings. The summed E-state index contributed by atoms with van der Waals surface area (Å²) in [6, 6.07) is 10.1. The number of nitrogens with two attached hydrogens (primary N) is 2. The van der Waals surface area contributed by atoms with Crippen LogP contribution in [0.3, 0.4) is 0 Å². The molecule has 14 heavy (non-hydrogen) atoms. The summed E-state index contributed by atoms with van der Waals surface area (Å²) in [5, 5.41) is 0. The summed E-state index contributed by atoms with van der Waals surface area (Å²) >= 11 is 0. The Morgan fingerprint density at radius 2 is 1.93 bits per heavy atom. The van der Waals surface area contributed by atoms with E-state index in [2.05, 4.69) is 0 Å². The highest BCUT2D eigenvalue weighted by Crippen LogP contribution is 2.37. The van der Waals surface area contributed by atoms with Gasteiger partial charge in [-0.2, -0.15) is 0 Å². The lowest BCUT2D eigenvalue weighted by atomic mass is 9.76. The fourth-order valence-electron chi connectivity index (χ4n) is 1.80. The van der Waals surface area contributed by atoms with Crippen LogP contribution in [0, 0.1) is 5.41 Å². The zero-order valence-corrected chi connectivity index (χ0v) is 8.15. The average Bonchev–Trinajstić information content (AvgIpc) is 2.18. The van der Waals surface area contributed by atoms with Gasteiger partial charge < -0.3 is 16.2 Å². The van der Waals surface area contributed by atoms with Gasteiger partial charge >= 0.3 is 0 Å². The molecule has 1 aromatic carbocycles. The molecule has 1 fully saturated rings. The Bertz CT molecular complexity index is 290. The van der Waals surface area contributed by atoms with Gasteiger partial charge in [0.2, 0.25) is 0 Å². The van der Waals surface area contributed by atoms with Crippen LogP contribution in [0.1, 0.15) is 11.6 Å². The van der Waals surface area contributed by atoms with Gasteiger partial charge in [0.15, 0.2) is 0 Å². The summed E-state index contributed by atoms with van der Waals surface area (Å²) < 4.78 is 5.21. The minimum Gasteiger partial charge on any atom is -0.380 e. The third kappa shape index (κ3) is 1.43. The van der Waals surface area contributed by atoms with E-state index in [-0.39, 0.29) is 11.5 Å². The Morgan fingerprint density at radius 1 is 1.29 bits per heavy atom. The van der Waals surface area contributed by atoms with E-state index in [1.54, 1.807) is 0 Å². The molecule has 4 N–H and O–H groups in total. The highest BCUT2D eigenvalue weighted by Gasteiger charge is 2.43. The third-order valence-electron chi connectivity index (χ3n) is 3.00. The number of benzene rings is 1. The minimum absolute atomic E-state index is 0.0116. The Balaban J connectivity index is 2.19. The molecular formula is C11H16N2O. The van der Waals surface area contributed by atoms with Crippen molar-refractivity contribution in [2.45, 2.75) is 6.04 Å². The molecule has 0 aliphatic carbocycles. The average molecular weight is 192 g/mol. The molecule has 1 aliphatic heterocycles. The van der Waals surface area contributed by atoms with Crippen molar-refractivity contribution in [3.8, 4) is 0 Å². The molecule has 0 radical (unpaired) electrons. The van der Waals surface area contributed by atoms with Crippen LogP contribution < -0.4 is 11.5 Å². The first-order chi connectivity index (χ1) is 6.78. The lowest BCUT2D eigenvalue weighted by molar-refractivity contribution is -0.121. The molecule has 0 amide bonds. The first-order valence-electron chi connectivity index (χ1n) is 4.87. The van der Waals surface area contributed by atoms with Crippen molar-refractivity contribution >= 4 is 0 Å². The largest absolute Gasteiger partial charge is 0.380 e. The number of rotatable bonds is 3. The van der Waals surface area contributed by atoms with Crippen LogP contribution in [0.2, 0.25) is 0 Å². The second kappa shape index (κ2) is 3.69. The van der Waals surface area contributed by atoms with E-state index in [1.807, 2.05) is 30.3 Å². The van der Waals surface area contributed by atoms with E-state index in [4.69, 9.17) is 16.2 Å². The summed E-state index contributed by atoms with van der Waals surface area (Å²) in [6.45, 7) is 1.95. The van der Waals surface area contributed by atoms with Gasteiger partial charge in [-0.25, -0.2) is 0 Å². The van der Waals surface area contributed by atoms with E-state index >= 15 is 0 Å². The smallest absolute Gasteiger partial charge is 0.0575 e. The molecule has 0 bridgehead atoms. The molecular weight excluding hydrogens is 176 g/mol. The molecule has 1 saturated heterocycles. The summed E-state index contributed by atoms with van der Waals surface area (Å²) in [7, 11) is 0. The van der Waals surface area contributed by atoms with E-state index in [1.165, 1.54) is 0 Å². The Hall–Kier alpha value is -0.900. The first kappa shape index (κ1) is 9.65. The van der Waals surface area contributed by atoms with Crippen molar-refractivity contribution in [1.82, 2.24) is 0 Å². The molecule has 2 rings (SSSR count). The van der Waals surface area contributed by atoms with E-state index < -0.39 is 0 Å². The molecule has 3 heteroatoms. The quantitative estimate of drug-likeness (QED) is 0.739. The van der Waals surface area contributed by atoms with Gasteiger partial charge in [-0.3, -0.25) is 0 Å². The van der Waals surface area contributed by atoms with Crippen molar-refractivity contribution in [2.75, 3.05) is 19.8 Å². The van der Waals surface area contributed by atoms with Crippen LogP contribution >= 0.6 is 0 Å². The summed E-state index contributed by atoms with van der Waals surface area (Å²) in [5.41, 5.74) is 13.0. The standard InChI is InChI=1S/C11H16N2O/c12-6-11(7-14-8-11)10(13)9-4-2-1-3-5-9/h1-5,10H,6-8,12-13H2. The second-order valence-corrected chi connectivity index (χ2v) is 3.95. The second-order valence-electron chi connectivity index (χ2n) is 3.95. The molecule has 1 atom stereocenters. The highest BCUT2D eigenvalue weighted by atomic mass is 16.5. The molecule has 1 heterocycles. The summed E-state index contributed by atoms with van der Waals surface area (Å²) in [6.07, 6.45) is 0. The third-order valence-corrected chi connectivity index (χ3v) is 3.00. The van der Waals surface area contributed by atoms with Gasteiger partial charge in [-0.1, -0.05) is 30.3 Å². The first-order valence-corrected chi connectivity index (χ1v) is 4.87. The van der Waals surface area contributed by atoms with E-state index in [0.29, 0.717) is 19.8 Å². The van der Waals surface area contributed by atoms with Crippen LogP contribution in [0.25, 0.3) is 0 Å². The maximum absolute atomic E-state index is 6.19. The molecule has 0 aromatic heterocycles.